The van der Waals surface area contributed by atoms with Crippen LogP contribution in [0.4, 0.5) is 16.4 Å². The number of hydrogen-bond acceptors (Lipinski definition) is 5. The molecule has 0 unspecified atom stereocenters. The number of amides is 2. The van der Waals surface area contributed by atoms with Crippen molar-refractivity contribution in [3.63, 3.8) is 0 Å². The van der Waals surface area contributed by atoms with Crippen LogP contribution in [0, 0.1) is 0 Å². The molecule has 0 saturated carbocycles. The van der Waals surface area contributed by atoms with Crippen LogP contribution in [-0.2, 0) is 0 Å². The summed E-state index contributed by atoms with van der Waals surface area (Å²) in [5.41, 5.74) is 1.05. The van der Waals surface area contributed by atoms with Crippen LogP contribution < -0.4 is 16.0 Å². The van der Waals surface area contributed by atoms with Crippen molar-refractivity contribution in [2.24, 2.45) is 0 Å². The molecule has 0 spiro atoms. The third-order valence-corrected chi connectivity index (χ3v) is 2.80. The third kappa shape index (κ3) is 4.25. The molecule has 0 saturated heterocycles. The molecule has 1 rings (SSSR count). The SMILES string of the molecule is CNc1ncnc(NCCNC(=O)N(C)C)c1C(C)C. The van der Waals surface area contributed by atoms with Crippen molar-refractivity contribution in [1.82, 2.24) is 20.2 Å². The van der Waals surface area contributed by atoms with E-state index in [0.717, 1.165) is 17.2 Å². The lowest BCUT2D eigenvalue weighted by atomic mass is 10.0. The Labute approximate surface area is 120 Å². The van der Waals surface area contributed by atoms with Crippen molar-refractivity contribution in [3.05, 3.63) is 11.9 Å². The summed E-state index contributed by atoms with van der Waals surface area (Å²) < 4.78 is 0. The number of anilines is 2. The fraction of sp³-hybridized carbons (Fsp3) is 0.615. The van der Waals surface area contributed by atoms with Crippen molar-refractivity contribution in [1.29, 1.82) is 0 Å². The summed E-state index contributed by atoms with van der Waals surface area (Å²) in [5, 5.41) is 9.11. The molecule has 1 aromatic rings. The Kier molecular flexibility index (Phi) is 6.02. The minimum atomic E-state index is -0.102. The monoisotopic (exact) mass is 280 g/mol. The molecule has 0 bridgehead atoms. The van der Waals surface area contributed by atoms with Crippen molar-refractivity contribution >= 4 is 17.7 Å². The summed E-state index contributed by atoms with van der Waals surface area (Å²) in [4.78, 5) is 21.4. The normalized spacial score (nSPS) is 10.3. The van der Waals surface area contributed by atoms with E-state index in [0.29, 0.717) is 19.0 Å². The zero-order valence-corrected chi connectivity index (χ0v) is 12.8. The van der Waals surface area contributed by atoms with Gasteiger partial charge < -0.3 is 20.9 Å². The standard InChI is InChI=1S/C13H24N6O/c1-9(2)10-11(14-3)17-8-18-12(10)15-6-7-16-13(20)19(4)5/h8-9H,6-7H2,1-5H3,(H,16,20)(H2,14,15,17,18). The molecule has 0 aromatic carbocycles. The highest BCUT2D eigenvalue weighted by atomic mass is 16.2. The number of urea groups is 1. The van der Waals surface area contributed by atoms with Gasteiger partial charge in [0.05, 0.1) is 0 Å². The molecule has 0 aliphatic carbocycles. The van der Waals surface area contributed by atoms with Crippen LogP contribution in [0.1, 0.15) is 25.3 Å². The Balaban J connectivity index is 2.62. The lowest BCUT2D eigenvalue weighted by Gasteiger charge is -2.17. The molecule has 7 nitrogen and oxygen atoms in total. The van der Waals surface area contributed by atoms with Crippen LogP contribution in [-0.4, -0.2) is 55.1 Å². The number of carbonyl (C=O) groups excluding carboxylic acids is 1. The highest BCUT2D eigenvalue weighted by Gasteiger charge is 2.13. The van der Waals surface area contributed by atoms with E-state index < -0.39 is 0 Å². The van der Waals surface area contributed by atoms with Gasteiger partial charge in [-0.2, -0.15) is 0 Å². The second-order valence-electron chi connectivity index (χ2n) is 4.94. The van der Waals surface area contributed by atoms with Crippen LogP contribution >= 0.6 is 0 Å². The number of nitrogens with one attached hydrogen (secondary N) is 3. The van der Waals surface area contributed by atoms with Crippen LogP contribution in [0.2, 0.25) is 0 Å². The van der Waals surface area contributed by atoms with Gasteiger partial charge in [-0.05, 0) is 5.92 Å². The predicted octanol–water partition coefficient (Wildman–Crippen LogP) is 1.32. The van der Waals surface area contributed by atoms with Gasteiger partial charge >= 0.3 is 6.03 Å². The Bertz CT molecular complexity index is 446. The fourth-order valence-corrected chi connectivity index (χ4v) is 1.79. The fourth-order valence-electron chi connectivity index (χ4n) is 1.79. The van der Waals surface area contributed by atoms with Gasteiger partial charge in [-0.25, -0.2) is 14.8 Å². The maximum absolute atomic E-state index is 11.4. The van der Waals surface area contributed by atoms with E-state index >= 15 is 0 Å². The minimum Gasteiger partial charge on any atom is -0.373 e. The Morgan fingerprint density at radius 1 is 1.25 bits per heavy atom. The first kappa shape index (κ1) is 16.0. The van der Waals surface area contributed by atoms with Gasteiger partial charge in [0.2, 0.25) is 0 Å². The van der Waals surface area contributed by atoms with Crippen molar-refractivity contribution in [2.45, 2.75) is 19.8 Å². The van der Waals surface area contributed by atoms with Gasteiger partial charge in [-0.15, -0.1) is 0 Å². The molecule has 0 radical (unpaired) electrons. The maximum Gasteiger partial charge on any atom is 0.316 e. The van der Waals surface area contributed by atoms with Crippen molar-refractivity contribution in [3.8, 4) is 0 Å². The van der Waals surface area contributed by atoms with Crippen LogP contribution in [0.25, 0.3) is 0 Å². The molecule has 1 heterocycles. The number of carbonyl (C=O) groups is 1. The number of aromatic nitrogens is 2. The summed E-state index contributed by atoms with van der Waals surface area (Å²) in [5.74, 6) is 1.94. The lowest BCUT2D eigenvalue weighted by molar-refractivity contribution is 0.218. The summed E-state index contributed by atoms with van der Waals surface area (Å²) in [7, 11) is 5.27. The minimum absolute atomic E-state index is 0.102. The van der Waals surface area contributed by atoms with Gasteiger partial charge in [0.25, 0.3) is 0 Å². The first-order chi connectivity index (χ1) is 9.47. The van der Waals surface area contributed by atoms with E-state index in [1.807, 2.05) is 7.05 Å². The molecule has 3 N–H and O–H groups in total. The Hall–Kier alpha value is -2.05. The van der Waals surface area contributed by atoms with E-state index in [1.54, 1.807) is 14.1 Å². The molecule has 1 aromatic heterocycles. The number of hydrogen-bond donors (Lipinski definition) is 3. The van der Waals surface area contributed by atoms with Crippen molar-refractivity contribution < 1.29 is 4.79 Å². The highest BCUT2D eigenvalue weighted by Crippen LogP contribution is 2.27. The van der Waals surface area contributed by atoms with Gasteiger partial charge in [-0.3, -0.25) is 0 Å². The molecule has 0 aliphatic heterocycles. The smallest absolute Gasteiger partial charge is 0.316 e. The van der Waals surface area contributed by atoms with Crippen LogP contribution in [0.5, 0.6) is 0 Å². The van der Waals surface area contributed by atoms with E-state index in [4.69, 9.17) is 0 Å². The lowest BCUT2D eigenvalue weighted by Crippen LogP contribution is -2.37. The largest absolute Gasteiger partial charge is 0.373 e. The Morgan fingerprint density at radius 3 is 2.45 bits per heavy atom. The summed E-state index contributed by atoms with van der Waals surface area (Å²) >= 11 is 0. The average Bonchev–Trinajstić information content (AvgIpc) is 2.42. The maximum atomic E-state index is 11.4. The molecule has 0 atom stereocenters. The summed E-state index contributed by atoms with van der Waals surface area (Å²) in [6, 6.07) is -0.102. The van der Waals surface area contributed by atoms with E-state index in [1.165, 1.54) is 11.2 Å². The molecular formula is C13H24N6O. The molecule has 20 heavy (non-hydrogen) atoms. The first-order valence-corrected chi connectivity index (χ1v) is 6.69. The van der Waals surface area contributed by atoms with Crippen LogP contribution in [0.15, 0.2) is 6.33 Å². The quantitative estimate of drug-likeness (QED) is 0.685. The number of rotatable bonds is 6. The zero-order chi connectivity index (χ0) is 15.1. The highest BCUT2D eigenvalue weighted by molar-refractivity contribution is 5.73. The summed E-state index contributed by atoms with van der Waals surface area (Å²) in [6.45, 7) is 5.34. The molecule has 2 amide bonds. The molecule has 7 heteroatoms. The van der Waals surface area contributed by atoms with Gasteiger partial charge in [-0.1, -0.05) is 13.8 Å². The van der Waals surface area contributed by atoms with Crippen LogP contribution in [0.3, 0.4) is 0 Å². The van der Waals surface area contributed by atoms with Gasteiger partial charge in [0.1, 0.15) is 18.0 Å². The topological polar surface area (TPSA) is 82.2 Å². The first-order valence-electron chi connectivity index (χ1n) is 6.69. The zero-order valence-electron chi connectivity index (χ0n) is 12.8. The third-order valence-electron chi connectivity index (χ3n) is 2.80. The molecule has 112 valence electrons. The second kappa shape index (κ2) is 7.52. The van der Waals surface area contributed by atoms with E-state index in [-0.39, 0.29) is 6.03 Å². The Morgan fingerprint density at radius 2 is 1.90 bits per heavy atom. The van der Waals surface area contributed by atoms with Gasteiger partial charge in [0.15, 0.2) is 0 Å². The van der Waals surface area contributed by atoms with Crippen molar-refractivity contribution in [2.75, 3.05) is 44.9 Å². The second-order valence-corrected chi connectivity index (χ2v) is 4.94. The van der Waals surface area contributed by atoms with E-state index in [2.05, 4.69) is 39.8 Å². The molecular weight excluding hydrogens is 256 g/mol. The predicted molar refractivity (Wildman–Crippen MR) is 81.2 cm³/mol. The molecule has 0 aliphatic rings. The summed E-state index contributed by atoms with van der Waals surface area (Å²) in [6.07, 6.45) is 1.53. The number of nitrogens with zero attached hydrogens (tertiary/aromatic N) is 3. The van der Waals surface area contributed by atoms with E-state index in [9.17, 15) is 4.79 Å². The van der Waals surface area contributed by atoms with Gasteiger partial charge in [0, 0.05) is 39.8 Å². The average molecular weight is 280 g/mol. The molecule has 0 fully saturated rings.